The minimum absolute atomic E-state index is 0.0714. The highest BCUT2D eigenvalue weighted by molar-refractivity contribution is 7.11. The zero-order valence-electron chi connectivity index (χ0n) is 18.9. The summed E-state index contributed by atoms with van der Waals surface area (Å²) in [6, 6.07) is 0.998. The van der Waals surface area contributed by atoms with Crippen molar-refractivity contribution in [3.63, 3.8) is 0 Å². The van der Waals surface area contributed by atoms with Gasteiger partial charge in [0.05, 0.1) is 11.1 Å². The van der Waals surface area contributed by atoms with Crippen LogP contribution in [-0.2, 0) is 6.61 Å². The van der Waals surface area contributed by atoms with Gasteiger partial charge in [-0.1, -0.05) is 18.0 Å². The molecule has 1 aromatic carbocycles. The van der Waals surface area contributed by atoms with Gasteiger partial charge in [0.2, 0.25) is 5.88 Å². The quantitative estimate of drug-likeness (QED) is 0.254. The smallest absolute Gasteiger partial charge is 0.344 e. The van der Waals surface area contributed by atoms with Gasteiger partial charge in [-0.3, -0.25) is 5.32 Å². The minimum atomic E-state index is -1.41. The predicted molar refractivity (Wildman–Crippen MR) is 127 cm³/mol. The third-order valence-corrected chi connectivity index (χ3v) is 6.51. The van der Waals surface area contributed by atoms with E-state index in [0.29, 0.717) is 30.9 Å². The predicted octanol–water partition coefficient (Wildman–Crippen LogP) is 4.10. The Labute approximate surface area is 210 Å². The van der Waals surface area contributed by atoms with Crippen LogP contribution in [-0.4, -0.2) is 63.8 Å². The summed E-state index contributed by atoms with van der Waals surface area (Å²) in [5, 5.41) is 24.3. The second kappa shape index (κ2) is 13.0. The van der Waals surface area contributed by atoms with E-state index in [2.05, 4.69) is 19.9 Å². The van der Waals surface area contributed by atoms with Crippen molar-refractivity contribution in [3.05, 3.63) is 39.9 Å². The summed E-state index contributed by atoms with van der Waals surface area (Å²) in [5.74, 6) is -3.41. The molecule has 0 aliphatic carbocycles. The Bertz CT molecular complexity index is 1040. The first-order chi connectivity index (χ1) is 16.7. The van der Waals surface area contributed by atoms with Crippen LogP contribution in [0, 0.1) is 11.6 Å². The fourth-order valence-corrected chi connectivity index (χ4v) is 4.56. The zero-order valence-corrected chi connectivity index (χ0v) is 20.4. The molecule has 1 fully saturated rings. The molecule has 1 unspecified atom stereocenters. The maximum absolute atomic E-state index is 13.9. The number of carbonyl (C=O) groups excluding carboxylic acids is 1. The number of hydrogen-bond donors (Lipinski definition) is 4. The van der Waals surface area contributed by atoms with Gasteiger partial charge in [-0.2, -0.15) is 4.37 Å². The molecule has 2 amide bonds. The molecule has 1 aromatic heterocycles. The van der Waals surface area contributed by atoms with E-state index in [1.165, 1.54) is 6.42 Å². The van der Waals surface area contributed by atoms with Gasteiger partial charge in [-0.15, -0.1) is 0 Å². The van der Waals surface area contributed by atoms with Crippen molar-refractivity contribution in [3.8, 4) is 5.88 Å². The van der Waals surface area contributed by atoms with E-state index >= 15 is 0 Å². The molecule has 0 radical (unpaired) electrons. The maximum atomic E-state index is 13.9. The molecule has 35 heavy (non-hydrogen) atoms. The Morgan fingerprint density at radius 3 is 2.69 bits per heavy atom. The molecule has 1 aliphatic heterocycles. The number of piperidine rings is 1. The summed E-state index contributed by atoms with van der Waals surface area (Å²) in [7, 11) is 0. The van der Waals surface area contributed by atoms with E-state index in [1.807, 2.05) is 0 Å². The van der Waals surface area contributed by atoms with E-state index in [1.54, 1.807) is 0 Å². The number of halogens is 3. The van der Waals surface area contributed by atoms with E-state index in [9.17, 15) is 28.6 Å². The SMILES string of the molecule is O=C(NCCCC(O)CN1CCCCC1)Nc1snc(OCc2cc(F)c(Cl)cc2F)c1C(=O)O. The number of aromatic nitrogens is 1. The number of hydrogen-bond acceptors (Lipinski definition) is 7. The summed E-state index contributed by atoms with van der Waals surface area (Å²) in [6.45, 7) is 2.40. The van der Waals surface area contributed by atoms with E-state index < -0.39 is 41.9 Å². The maximum Gasteiger partial charge on any atom is 0.344 e. The lowest BCUT2D eigenvalue weighted by molar-refractivity contribution is 0.0692. The van der Waals surface area contributed by atoms with Gasteiger partial charge in [0, 0.05) is 18.7 Å². The number of nitrogens with one attached hydrogen (secondary N) is 2. The molecular formula is C22H27ClF2N4O5S. The number of ether oxygens (including phenoxy) is 1. The lowest BCUT2D eigenvalue weighted by atomic mass is 10.1. The number of urea groups is 1. The van der Waals surface area contributed by atoms with Gasteiger partial charge in [-0.05, 0) is 62.4 Å². The number of carboxylic acid groups (broad SMARTS) is 1. The topological polar surface area (TPSA) is 124 Å². The van der Waals surface area contributed by atoms with E-state index in [4.69, 9.17) is 16.3 Å². The number of carbonyl (C=O) groups is 2. The number of β-amino-alcohol motifs (C(OH)–C–C–N with tert-alkyl or cyclic N) is 1. The second-order valence-corrected chi connectivity index (χ2v) is 9.36. The lowest BCUT2D eigenvalue weighted by Gasteiger charge is -2.28. The van der Waals surface area contributed by atoms with Crippen LogP contribution >= 0.6 is 23.1 Å². The lowest BCUT2D eigenvalue weighted by Crippen LogP contribution is -2.37. The summed E-state index contributed by atoms with van der Waals surface area (Å²) < 4.78 is 36.7. The van der Waals surface area contributed by atoms with Crippen LogP contribution in [0.25, 0.3) is 0 Å². The van der Waals surface area contributed by atoms with Crippen LogP contribution in [0.3, 0.4) is 0 Å². The molecule has 13 heteroatoms. The van der Waals surface area contributed by atoms with Gasteiger partial charge < -0.3 is 25.2 Å². The minimum Gasteiger partial charge on any atom is -0.477 e. The Balaban J connectivity index is 1.47. The van der Waals surface area contributed by atoms with Crippen molar-refractivity contribution in [2.75, 3.05) is 31.5 Å². The Kier molecular flexibility index (Phi) is 10.0. The highest BCUT2D eigenvalue weighted by atomic mass is 35.5. The van der Waals surface area contributed by atoms with Gasteiger partial charge in [0.1, 0.15) is 23.2 Å². The van der Waals surface area contributed by atoms with Crippen LogP contribution < -0.4 is 15.4 Å². The van der Waals surface area contributed by atoms with Gasteiger partial charge >= 0.3 is 12.0 Å². The standard InChI is InChI=1S/C22H27ClF2N4O5S/c23-15-10-16(24)13(9-17(15)25)12-34-19-18(21(31)32)20(35-28-19)27-22(33)26-6-4-5-14(30)11-29-7-2-1-3-8-29/h9-10,14,30H,1-8,11-12H2,(H,31,32)(H2,26,27,33). The molecule has 1 aliphatic rings. The zero-order chi connectivity index (χ0) is 25.4. The van der Waals surface area contributed by atoms with E-state index in [-0.39, 0.29) is 28.0 Å². The van der Waals surface area contributed by atoms with Gasteiger partial charge in [0.15, 0.2) is 5.56 Å². The number of rotatable bonds is 11. The molecule has 0 saturated carbocycles. The van der Waals surface area contributed by atoms with Gasteiger partial charge in [0.25, 0.3) is 0 Å². The first kappa shape index (κ1) is 27.1. The number of amides is 2. The fourth-order valence-electron chi connectivity index (χ4n) is 3.69. The molecule has 4 N–H and O–H groups in total. The Morgan fingerprint density at radius 2 is 1.97 bits per heavy atom. The summed E-state index contributed by atoms with van der Waals surface area (Å²) in [6.07, 6.45) is 4.12. The molecular weight excluding hydrogens is 506 g/mol. The van der Waals surface area contributed by atoms with Crippen molar-refractivity contribution in [1.29, 1.82) is 0 Å². The first-order valence-corrected chi connectivity index (χ1v) is 12.3. The number of aliphatic hydroxyl groups is 1. The highest BCUT2D eigenvalue weighted by Crippen LogP contribution is 2.31. The third kappa shape index (κ3) is 7.99. The highest BCUT2D eigenvalue weighted by Gasteiger charge is 2.24. The number of likely N-dealkylation sites (tertiary alicyclic amines) is 1. The summed E-state index contributed by atoms with van der Waals surface area (Å²) in [4.78, 5) is 26.1. The molecule has 9 nitrogen and oxygen atoms in total. The molecule has 3 rings (SSSR count). The molecule has 2 heterocycles. The molecule has 1 atom stereocenters. The van der Waals surface area contributed by atoms with Crippen molar-refractivity contribution < 1.29 is 33.3 Å². The number of aliphatic hydroxyl groups excluding tert-OH is 1. The molecule has 192 valence electrons. The molecule has 0 spiro atoms. The summed E-state index contributed by atoms with van der Waals surface area (Å²) >= 11 is 6.20. The Hall–Kier alpha value is -2.54. The molecule has 1 saturated heterocycles. The van der Waals surface area contributed by atoms with Crippen LogP contribution in [0.5, 0.6) is 5.88 Å². The largest absolute Gasteiger partial charge is 0.477 e. The van der Waals surface area contributed by atoms with Crippen molar-refractivity contribution >= 4 is 40.1 Å². The average molecular weight is 533 g/mol. The number of benzene rings is 1. The van der Waals surface area contributed by atoms with Crippen LogP contribution in [0.1, 0.15) is 48.0 Å². The van der Waals surface area contributed by atoms with Crippen molar-refractivity contribution in [2.45, 2.75) is 44.8 Å². The third-order valence-electron chi connectivity index (χ3n) is 5.47. The van der Waals surface area contributed by atoms with Gasteiger partial charge in [-0.25, -0.2) is 18.4 Å². The Morgan fingerprint density at radius 1 is 1.23 bits per heavy atom. The number of anilines is 1. The number of carboxylic acids is 1. The van der Waals surface area contributed by atoms with Crippen LogP contribution in [0.15, 0.2) is 12.1 Å². The summed E-state index contributed by atoms with van der Waals surface area (Å²) in [5.41, 5.74) is -0.581. The fraction of sp³-hybridized carbons (Fsp3) is 0.500. The average Bonchev–Trinajstić information content (AvgIpc) is 3.21. The molecule has 2 aromatic rings. The van der Waals surface area contributed by atoms with Crippen LogP contribution in [0.4, 0.5) is 18.6 Å². The van der Waals surface area contributed by atoms with E-state index in [0.717, 1.165) is 38.1 Å². The number of aromatic carboxylic acids is 1. The van der Waals surface area contributed by atoms with Crippen LogP contribution in [0.2, 0.25) is 5.02 Å². The van der Waals surface area contributed by atoms with Crippen molar-refractivity contribution in [1.82, 2.24) is 14.6 Å². The number of nitrogens with zero attached hydrogens (tertiary/aromatic N) is 2. The second-order valence-electron chi connectivity index (χ2n) is 8.18. The van der Waals surface area contributed by atoms with Crippen molar-refractivity contribution in [2.24, 2.45) is 0 Å². The normalized spacial score (nSPS) is 15.0. The first-order valence-electron chi connectivity index (χ1n) is 11.2. The monoisotopic (exact) mass is 532 g/mol. The molecule has 0 bridgehead atoms.